The molecule has 136 valence electrons. The molecule has 7 unspecified atom stereocenters. The Kier molecular flexibility index (Phi) is 4.24. The van der Waals surface area contributed by atoms with E-state index in [1.165, 1.54) is 0 Å². The lowest BCUT2D eigenvalue weighted by molar-refractivity contribution is -0.193. The molecule has 3 heterocycles. The Morgan fingerprint density at radius 1 is 0.692 bits per heavy atom. The molecule has 5 rings (SSSR count). The van der Waals surface area contributed by atoms with Crippen LogP contribution < -0.4 is 0 Å². The Hall–Kier alpha value is -1.80. The second kappa shape index (κ2) is 6.74. The first-order chi connectivity index (χ1) is 12.8. The monoisotopic (exact) mass is 356 g/mol. The molecule has 0 amide bonds. The fourth-order valence-corrected chi connectivity index (χ4v) is 3.66. The van der Waals surface area contributed by atoms with Gasteiger partial charge in [-0.1, -0.05) is 60.7 Å². The SMILES string of the molecule is OC1C(C2COC(c3ccccc3)O2)OC2OC(c3ccccc3)OC21. The Morgan fingerprint density at radius 2 is 1.35 bits per heavy atom. The zero-order valence-corrected chi connectivity index (χ0v) is 14.0. The summed E-state index contributed by atoms with van der Waals surface area (Å²) in [6.45, 7) is 0.350. The molecule has 3 aliphatic heterocycles. The molecule has 3 aliphatic rings. The van der Waals surface area contributed by atoms with E-state index in [1.807, 2.05) is 60.7 Å². The summed E-state index contributed by atoms with van der Waals surface area (Å²) < 4.78 is 29.3. The highest BCUT2D eigenvalue weighted by Crippen LogP contribution is 2.42. The summed E-state index contributed by atoms with van der Waals surface area (Å²) in [5.41, 5.74) is 1.85. The van der Waals surface area contributed by atoms with E-state index >= 15 is 0 Å². The highest BCUT2D eigenvalue weighted by Gasteiger charge is 2.55. The van der Waals surface area contributed by atoms with Gasteiger partial charge < -0.3 is 28.8 Å². The van der Waals surface area contributed by atoms with Crippen LogP contribution in [0.1, 0.15) is 23.7 Å². The van der Waals surface area contributed by atoms with E-state index in [4.69, 9.17) is 23.7 Å². The van der Waals surface area contributed by atoms with E-state index in [2.05, 4.69) is 0 Å². The van der Waals surface area contributed by atoms with Crippen LogP contribution in [-0.2, 0) is 23.7 Å². The van der Waals surface area contributed by atoms with Gasteiger partial charge in [-0.15, -0.1) is 0 Å². The topological polar surface area (TPSA) is 66.4 Å². The minimum Gasteiger partial charge on any atom is -0.387 e. The Labute approximate surface area is 151 Å². The minimum atomic E-state index is -0.836. The number of aliphatic hydroxyl groups is 1. The molecular weight excluding hydrogens is 336 g/mol. The predicted octanol–water partition coefficient (Wildman–Crippen LogP) is 2.30. The van der Waals surface area contributed by atoms with Crippen LogP contribution in [0, 0.1) is 0 Å². The highest BCUT2D eigenvalue weighted by atomic mass is 16.8. The summed E-state index contributed by atoms with van der Waals surface area (Å²) in [7, 11) is 0. The molecular formula is C20H20O6. The molecule has 7 atom stereocenters. The van der Waals surface area contributed by atoms with Crippen molar-refractivity contribution in [2.75, 3.05) is 6.61 Å². The van der Waals surface area contributed by atoms with Crippen LogP contribution in [0.3, 0.4) is 0 Å². The standard InChI is InChI=1S/C20H20O6/c21-15-16(14-11-22-18(23-14)12-7-3-1-4-8-12)24-20-17(15)25-19(26-20)13-9-5-2-6-10-13/h1-10,14-21H,11H2. The molecule has 6 nitrogen and oxygen atoms in total. The number of benzene rings is 2. The Balaban J connectivity index is 1.24. The van der Waals surface area contributed by atoms with Gasteiger partial charge in [0.05, 0.1) is 6.61 Å². The Morgan fingerprint density at radius 3 is 2.00 bits per heavy atom. The van der Waals surface area contributed by atoms with Crippen molar-refractivity contribution in [3.63, 3.8) is 0 Å². The van der Waals surface area contributed by atoms with Gasteiger partial charge in [0.25, 0.3) is 0 Å². The fraction of sp³-hybridized carbons (Fsp3) is 0.400. The number of fused-ring (bicyclic) bond motifs is 1. The number of hydrogen-bond acceptors (Lipinski definition) is 6. The third-order valence-corrected chi connectivity index (χ3v) is 4.99. The van der Waals surface area contributed by atoms with Gasteiger partial charge >= 0.3 is 0 Å². The number of ether oxygens (including phenoxy) is 5. The molecule has 0 bridgehead atoms. The van der Waals surface area contributed by atoms with Crippen LogP contribution in [0.5, 0.6) is 0 Å². The van der Waals surface area contributed by atoms with E-state index in [1.54, 1.807) is 0 Å². The Bertz CT molecular complexity index is 738. The van der Waals surface area contributed by atoms with Crippen molar-refractivity contribution < 1.29 is 28.8 Å². The lowest BCUT2D eigenvalue weighted by Crippen LogP contribution is -2.40. The molecule has 0 saturated carbocycles. The predicted molar refractivity (Wildman–Crippen MR) is 89.8 cm³/mol. The summed E-state index contributed by atoms with van der Waals surface area (Å²) in [5, 5.41) is 10.7. The maximum absolute atomic E-state index is 10.7. The average molecular weight is 356 g/mol. The second-order valence-corrected chi connectivity index (χ2v) is 6.69. The van der Waals surface area contributed by atoms with Crippen LogP contribution in [-0.4, -0.2) is 42.4 Å². The molecule has 0 spiro atoms. The summed E-state index contributed by atoms with van der Waals surface area (Å²) >= 11 is 0. The van der Waals surface area contributed by atoms with Gasteiger partial charge in [-0.05, 0) is 0 Å². The number of aliphatic hydroxyl groups excluding tert-OH is 1. The molecule has 0 aliphatic carbocycles. The van der Waals surface area contributed by atoms with Gasteiger partial charge in [-0.3, -0.25) is 0 Å². The maximum atomic E-state index is 10.7. The highest BCUT2D eigenvalue weighted by molar-refractivity contribution is 5.18. The van der Waals surface area contributed by atoms with Gasteiger partial charge in [-0.25, -0.2) is 0 Å². The zero-order valence-electron chi connectivity index (χ0n) is 14.0. The van der Waals surface area contributed by atoms with Crippen molar-refractivity contribution in [2.45, 2.75) is 43.3 Å². The molecule has 1 N–H and O–H groups in total. The first kappa shape index (κ1) is 16.4. The van der Waals surface area contributed by atoms with Gasteiger partial charge in [-0.2, -0.15) is 0 Å². The third kappa shape index (κ3) is 2.85. The zero-order chi connectivity index (χ0) is 17.5. The number of rotatable bonds is 3. The van der Waals surface area contributed by atoms with Gasteiger partial charge in [0.15, 0.2) is 18.9 Å². The van der Waals surface area contributed by atoms with Crippen LogP contribution in [0.15, 0.2) is 60.7 Å². The number of hydrogen-bond donors (Lipinski definition) is 1. The van der Waals surface area contributed by atoms with Crippen molar-refractivity contribution in [1.82, 2.24) is 0 Å². The summed E-state index contributed by atoms with van der Waals surface area (Å²) in [5.74, 6) is 0. The molecule has 2 aromatic rings. The van der Waals surface area contributed by atoms with Crippen LogP contribution in [0.4, 0.5) is 0 Å². The van der Waals surface area contributed by atoms with Gasteiger partial charge in [0.2, 0.25) is 0 Å². The quantitative estimate of drug-likeness (QED) is 0.910. The normalized spacial score (nSPS) is 39.2. The smallest absolute Gasteiger partial charge is 0.190 e. The van der Waals surface area contributed by atoms with E-state index in [-0.39, 0.29) is 6.10 Å². The van der Waals surface area contributed by atoms with Crippen LogP contribution in [0.2, 0.25) is 0 Å². The molecule has 2 aromatic carbocycles. The molecule has 26 heavy (non-hydrogen) atoms. The second-order valence-electron chi connectivity index (χ2n) is 6.69. The fourth-order valence-electron chi connectivity index (χ4n) is 3.66. The van der Waals surface area contributed by atoms with E-state index in [0.29, 0.717) is 6.61 Å². The minimum absolute atomic E-state index is 0.350. The first-order valence-electron chi connectivity index (χ1n) is 8.81. The van der Waals surface area contributed by atoms with Crippen molar-refractivity contribution in [2.24, 2.45) is 0 Å². The van der Waals surface area contributed by atoms with E-state index in [0.717, 1.165) is 11.1 Å². The van der Waals surface area contributed by atoms with Crippen LogP contribution >= 0.6 is 0 Å². The largest absolute Gasteiger partial charge is 0.387 e. The van der Waals surface area contributed by atoms with E-state index < -0.39 is 37.2 Å². The molecule has 3 saturated heterocycles. The molecule has 0 aromatic heterocycles. The first-order valence-corrected chi connectivity index (χ1v) is 8.81. The summed E-state index contributed by atoms with van der Waals surface area (Å²) in [6, 6.07) is 19.3. The van der Waals surface area contributed by atoms with Crippen molar-refractivity contribution in [3.8, 4) is 0 Å². The van der Waals surface area contributed by atoms with Crippen LogP contribution in [0.25, 0.3) is 0 Å². The third-order valence-electron chi connectivity index (χ3n) is 4.99. The lowest BCUT2D eigenvalue weighted by Gasteiger charge is -2.23. The van der Waals surface area contributed by atoms with Crippen molar-refractivity contribution in [3.05, 3.63) is 71.8 Å². The van der Waals surface area contributed by atoms with Gasteiger partial charge in [0.1, 0.15) is 24.4 Å². The summed E-state index contributed by atoms with van der Waals surface area (Å²) in [4.78, 5) is 0. The lowest BCUT2D eigenvalue weighted by atomic mass is 10.1. The molecule has 3 fully saturated rings. The summed E-state index contributed by atoms with van der Waals surface area (Å²) in [6.07, 6.45) is -3.88. The van der Waals surface area contributed by atoms with Crippen molar-refractivity contribution >= 4 is 0 Å². The molecule has 0 radical (unpaired) electrons. The molecule has 6 heteroatoms. The maximum Gasteiger partial charge on any atom is 0.190 e. The van der Waals surface area contributed by atoms with Gasteiger partial charge in [0, 0.05) is 11.1 Å². The van der Waals surface area contributed by atoms with E-state index in [9.17, 15) is 5.11 Å². The average Bonchev–Trinajstić information content (AvgIpc) is 3.40. The van der Waals surface area contributed by atoms with Crippen molar-refractivity contribution in [1.29, 1.82) is 0 Å².